The maximum atomic E-state index is 14.1. The molecule has 14 heteroatoms. The standard InChI is InChI=1S/C26H32N3O10P/c1-15(2)37-25(32)16(3)28-40(34,39-19-11-7-9-17-8-5-6-10-18(17)19)36-14-20-22(31)23(35-4)24(38-20)29-13-12-21(30)27-26(29)33/h5-13,15-16,20,22-24,31H,14H2,1-4H3,(H,28,34)(H,27,30,33). The van der Waals surface area contributed by atoms with E-state index in [9.17, 15) is 24.1 Å². The summed E-state index contributed by atoms with van der Waals surface area (Å²) in [4.78, 5) is 38.4. The molecule has 3 aromatic rings. The Bertz CT molecular complexity index is 1500. The van der Waals surface area contributed by atoms with Crippen molar-refractivity contribution >= 4 is 24.5 Å². The van der Waals surface area contributed by atoms with Crippen molar-refractivity contribution < 1.29 is 37.7 Å². The van der Waals surface area contributed by atoms with Crippen molar-refractivity contribution in [2.75, 3.05) is 13.7 Å². The Morgan fingerprint density at radius 1 is 1.15 bits per heavy atom. The van der Waals surface area contributed by atoms with Crippen LogP contribution in [0.3, 0.4) is 0 Å². The third-order valence-electron chi connectivity index (χ3n) is 6.14. The summed E-state index contributed by atoms with van der Waals surface area (Å²) in [6.45, 7) is 4.34. The van der Waals surface area contributed by atoms with E-state index in [2.05, 4.69) is 10.1 Å². The maximum Gasteiger partial charge on any atom is 0.459 e. The van der Waals surface area contributed by atoms with Gasteiger partial charge in [-0.25, -0.2) is 9.36 Å². The molecule has 1 saturated heterocycles. The van der Waals surface area contributed by atoms with E-state index in [-0.39, 0.29) is 5.75 Å². The lowest BCUT2D eigenvalue weighted by Crippen LogP contribution is -2.39. The van der Waals surface area contributed by atoms with Gasteiger partial charge in [0.05, 0.1) is 12.7 Å². The monoisotopic (exact) mass is 577 g/mol. The van der Waals surface area contributed by atoms with Crippen molar-refractivity contribution in [1.29, 1.82) is 0 Å². The third-order valence-corrected chi connectivity index (χ3v) is 7.77. The fourth-order valence-corrected chi connectivity index (χ4v) is 5.77. The van der Waals surface area contributed by atoms with Crippen LogP contribution in [0.1, 0.15) is 27.0 Å². The zero-order chi connectivity index (χ0) is 29.0. The molecule has 0 bridgehead atoms. The highest BCUT2D eigenvalue weighted by atomic mass is 31.2. The molecule has 0 spiro atoms. The Morgan fingerprint density at radius 3 is 2.58 bits per heavy atom. The second-order valence-corrected chi connectivity index (χ2v) is 11.2. The lowest BCUT2D eigenvalue weighted by Gasteiger charge is -2.25. The van der Waals surface area contributed by atoms with Crippen molar-refractivity contribution in [2.24, 2.45) is 0 Å². The van der Waals surface area contributed by atoms with Gasteiger partial charge in [-0.2, -0.15) is 5.09 Å². The van der Waals surface area contributed by atoms with E-state index in [0.29, 0.717) is 5.39 Å². The topological polar surface area (TPSA) is 167 Å². The van der Waals surface area contributed by atoms with Gasteiger partial charge in [0.15, 0.2) is 6.23 Å². The number of H-pyrrole nitrogens is 1. The number of nitrogens with zero attached hydrogens (tertiary/aromatic N) is 1. The average molecular weight is 578 g/mol. The summed E-state index contributed by atoms with van der Waals surface area (Å²) in [5.41, 5.74) is -1.37. The van der Waals surface area contributed by atoms with Crippen molar-refractivity contribution in [3.05, 3.63) is 75.6 Å². The Kier molecular flexibility index (Phi) is 9.24. The fourth-order valence-electron chi connectivity index (χ4n) is 4.25. The smallest absolute Gasteiger partial charge is 0.459 e. The number of carbonyl (C=O) groups excluding carboxylic acids is 1. The molecule has 0 saturated carbocycles. The van der Waals surface area contributed by atoms with Gasteiger partial charge in [0.1, 0.15) is 30.1 Å². The van der Waals surface area contributed by atoms with Crippen LogP contribution in [0.5, 0.6) is 5.75 Å². The first-order valence-electron chi connectivity index (χ1n) is 12.6. The molecule has 2 aromatic carbocycles. The first kappa shape index (κ1) is 29.7. The zero-order valence-electron chi connectivity index (χ0n) is 22.4. The van der Waals surface area contributed by atoms with Crippen LogP contribution in [0.4, 0.5) is 0 Å². The van der Waals surface area contributed by atoms with E-state index in [1.807, 2.05) is 18.2 Å². The molecule has 1 aliphatic heterocycles. The zero-order valence-corrected chi connectivity index (χ0v) is 23.3. The summed E-state index contributed by atoms with van der Waals surface area (Å²) in [6.07, 6.45) is -3.78. The van der Waals surface area contributed by atoms with Gasteiger partial charge in [-0.3, -0.25) is 23.7 Å². The van der Waals surface area contributed by atoms with Gasteiger partial charge in [0.2, 0.25) is 0 Å². The summed E-state index contributed by atoms with van der Waals surface area (Å²) in [6, 6.07) is 12.5. The summed E-state index contributed by atoms with van der Waals surface area (Å²) < 4.78 is 43.1. The lowest BCUT2D eigenvalue weighted by molar-refractivity contribution is -0.149. The van der Waals surface area contributed by atoms with Crippen LogP contribution in [0.2, 0.25) is 0 Å². The van der Waals surface area contributed by atoms with E-state index in [4.69, 9.17) is 23.3 Å². The Hall–Kier alpha value is -3.32. The quantitative estimate of drug-likeness (QED) is 0.226. The number of hydrogen-bond donors (Lipinski definition) is 3. The molecule has 0 aliphatic carbocycles. The van der Waals surface area contributed by atoms with E-state index < -0.39 is 68.3 Å². The largest absolute Gasteiger partial charge is 0.462 e. The molecule has 13 nitrogen and oxygen atoms in total. The normalized spacial score (nSPS) is 23.1. The molecular weight excluding hydrogens is 545 g/mol. The number of aromatic amines is 1. The maximum absolute atomic E-state index is 14.1. The number of fused-ring (bicyclic) bond motifs is 1. The van der Waals surface area contributed by atoms with Gasteiger partial charge < -0.3 is 23.8 Å². The van der Waals surface area contributed by atoms with Crippen LogP contribution < -0.4 is 20.9 Å². The SMILES string of the molecule is COC1C(O)C(COP(=O)(NC(C)C(=O)OC(C)C)Oc2cccc3ccccc23)OC1n1ccc(=O)[nH]c1=O. The molecule has 6 atom stereocenters. The van der Waals surface area contributed by atoms with Crippen LogP contribution in [-0.2, 0) is 28.1 Å². The molecule has 1 fully saturated rings. The van der Waals surface area contributed by atoms with Crippen LogP contribution in [-0.4, -0.2) is 64.8 Å². The average Bonchev–Trinajstić information content (AvgIpc) is 3.22. The van der Waals surface area contributed by atoms with Gasteiger partial charge in [0.25, 0.3) is 5.56 Å². The van der Waals surface area contributed by atoms with Crippen LogP contribution in [0.15, 0.2) is 64.3 Å². The molecule has 40 heavy (non-hydrogen) atoms. The number of nitrogens with one attached hydrogen (secondary N) is 2. The number of methoxy groups -OCH3 is 1. The van der Waals surface area contributed by atoms with Crippen molar-refractivity contribution in [2.45, 2.75) is 57.5 Å². The highest BCUT2D eigenvalue weighted by Crippen LogP contribution is 2.47. The van der Waals surface area contributed by atoms with Crippen LogP contribution in [0, 0.1) is 0 Å². The van der Waals surface area contributed by atoms with E-state index >= 15 is 0 Å². The second-order valence-electron chi connectivity index (χ2n) is 9.47. The van der Waals surface area contributed by atoms with Crippen molar-refractivity contribution in [3.8, 4) is 5.75 Å². The Labute approximate surface area is 229 Å². The second kappa shape index (κ2) is 12.5. The predicted molar refractivity (Wildman–Crippen MR) is 144 cm³/mol. The third kappa shape index (κ3) is 6.69. The summed E-state index contributed by atoms with van der Waals surface area (Å²) in [7, 11) is -2.99. The number of benzene rings is 2. The molecule has 1 aliphatic rings. The fraction of sp³-hybridized carbons (Fsp3) is 0.423. The molecule has 6 unspecified atom stereocenters. The lowest BCUT2D eigenvalue weighted by atomic mass is 10.1. The number of aliphatic hydroxyl groups excluding tert-OH is 1. The van der Waals surface area contributed by atoms with Crippen molar-refractivity contribution in [3.63, 3.8) is 0 Å². The van der Waals surface area contributed by atoms with Gasteiger partial charge in [-0.15, -0.1) is 0 Å². The minimum Gasteiger partial charge on any atom is -0.462 e. The number of aliphatic hydroxyl groups is 1. The number of rotatable bonds is 11. The number of carbonyl (C=O) groups is 1. The molecule has 0 amide bonds. The summed E-state index contributed by atoms with van der Waals surface area (Å²) >= 11 is 0. The first-order valence-corrected chi connectivity index (χ1v) is 14.1. The van der Waals surface area contributed by atoms with Gasteiger partial charge in [0, 0.05) is 24.8 Å². The van der Waals surface area contributed by atoms with Gasteiger partial charge in [-0.05, 0) is 32.2 Å². The first-order chi connectivity index (χ1) is 19.0. The van der Waals surface area contributed by atoms with E-state index in [1.165, 1.54) is 20.2 Å². The molecule has 4 rings (SSSR count). The van der Waals surface area contributed by atoms with Crippen LogP contribution in [0.25, 0.3) is 10.8 Å². The van der Waals surface area contributed by atoms with E-state index in [0.717, 1.165) is 16.0 Å². The molecule has 0 radical (unpaired) electrons. The summed E-state index contributed by atoms with van der Waals surface area (Å²) in [5, 5.41) is 15.0. The molecule has 216 valence electrons. The minimum atomic E-state index is -4.31. The number of aromatic nitrogens is 2. The molecule has 1 aromatic heterocycles. The number of esters is 1. The Morgan fingerprint density at radius 2 is 1.88 bits per heavy atom. The highest BCUT2D eigenvalue weighted by Gasteiger charge is 2.47. The van der Waals surface area contributed by atoms with Crippen LogP contribution >= 0.6 is 7.75 Å². The van der Waals surface area contributed by atoms with Gasteiger partial charge >= 0.3 is 19.4 Å². The van der Waals surface area contributed by atoms with Gasteiger partial charge in [-0.1, -0.05) is 36.4 Å². The molecule has 3 N–H and O–H groups in total. The highest BCUT2D eigenvalue weighted by molar-refractivity contribution is 7.52. The number of ether oxygens (including phenoxy) is 3. The minimum absolute atomic E-state index is 0.235. The predicted octanol–water partition coefficient (Wildman–Crippen LogP) is 2.10. The van der Waals surface area contributed by atoms with E-state index in [1.54, 1.807) is 38.1 Å². The molecule has 2 heterocycles. The molecular formula is C26H32N3O10P. The summed E-state index contributed by atoms with van der Waals surface area (Å²) in [5.74, 6) is -0.437. The Balaban J connectivity index is 1.59. The number of hydrogen-bond acceptors (Lipinski definition) is 10. The van der Waals surface area contributed by atoms with Crippen molar-refractivity contribution in [1.82, 2.24) is 14.6 Å².